The fourth-order valence-electron chi connectivity index (χ4n) is 0.933. The first-order chi connectivity index (χ1) is 6.41. The first-order valence-electron chi connectivity index (χ1n) is 4.62. The van der Waals surface area contributed by atoms with Gasteiger partial charge in [0, 0.05) is 11.4 Å². The van der Waals surface area contributed by atoms with Crippen molar-refractivity contribution >= 4 is 11.4 Å². The van der Waals surface area contributed by atoms with E-state index in [1.165, 1.54) is 0 Å². The van der Waals surface area contributed by atoms with Gasteiger partial charge in [-0.3, -0.25) is 0 Å². The maximum absolute atomic E-state index is 11.7. The monoisotopic (exact) mass is 215 g/mol. The van der Waals surface area contributed by atoms with Gasteiger partial charge in [-0.2, -0.15) is 0 Å². The Labute approximate surface area is 88.2 Å². The highest BCUT2D eigenvalue weighted by Gasteiger charge is 2.28. The Balaban J connectivity index is 2.53. The number of nitrogens with one attached hydrogen (secondary N) is 1. The van der Waals surface area contributed by atoms with E-state index >= 15 is 0 Å². The first kappa shape index (κ1) is 11.6. The Kier molecular flexibility index (Phi) is 3.64. The van der Waals surface area contributed by atoms with Crippen LogP contribution in [0, 0.1) is 0 Å². The normalized spacial score (nSPS) is 16.6. The first-order valence-corrected chi connectivity index (χ1v) is 5.77. The van der Waals surface area contributed by atoms with Gasteiger partial charge in [0.2, 0.25) is 0 Å². The van der Waals surface area contributed by atoms with E-state index in [1.54, 1.807) is 6.26 Å². The molecule has 3 nitrogen and oxygen atoms in total. The number of furan rings is 1. The van der Waals surface area contributed by atoms with E-state index in [0.717, 1.165) is 5.76 Å². The van der Waals surface area contributed by atoms with E-state index in [1.807, 2.05) is 39.8 Å². The minimum atomic E-state index is -1.06. The summed E-state index contributed by atoms with van der Waals surface area (Å²) in [4.78, 5) is 0. The maximum atomic E-state index is 11.7. The fraction of sp³-hybridized carbons (Fsp3) is 0.600. The van der Waals surface area contributed by atoms with E-state index in [-0.39, 0.29) is 10.8 Å². The SMILES string of the molecule is C[C@H](N[S@+]([O-])C(C)(C)C)c1ccco1. The van der Waals surface area contributed by atoms with Crippen LogP contribution in [0.15, 0.2) is 22.8 Å². The summed E-state index contributed by atoms with van der Waals surface area (Å²) in [7, 11) is 0. The Bertz CT molecular complexity index is 266. The van der Waals surface area contributed by atoms with E-state index in [4.69, 9.17) is 4.42 Å². The number of hydrogen-bond donors (Lipinski definition) is 1. The molecule has 0 unspecified atom stereocenters. The van der Waals surface area contributed by atoms with Crippen molar-refractivity contribution < 1.29 is 8.97 Å². The van der Waals surface area contributed by atoms with E-state index in [0.29, 0.717) is 0 Å². The second-order valence-corrected chi connectivity index (χ2v) is 6.23. The maximum Gasteiger partial charge on any atom is 0.136 e. The highest BCUT2D eigenvalue weighted by molar-refractivity contribution is 7.90. The molecule has 1 aromatic rings. The lowest BCUT2D eigenvalue weighted by Crippen LogP contribution is -2.40. The van der Waals surface area contributed by atoms with E-state index in [9.17, 15) is 4.55 Å². The Morgan fingerprint density at radius 1 is 1.50 bits per heavy atom. The molecule has 0 aliphatic carbocycles. The molecular weight excluding hydrogens is 198 g/mol. The third-order valence-electron chi connectivity index (χ3n) is 1.81. The standard InChI is InChI=1S/C10H17NO2S/c1-8(9-6-5-7-13-9)11-14(12)10(2,3)4/h5-8,11H,1-4H3/t8-,14+/m0/s1. The van der Waals surface area contributed by atoms with Crippen LogP contribution in [0.1, 0.15) is 39.5 Å². The van der Waals surface area contributed by atoms with Crippen molar-refractivity contribution in [2.45, 2.75) is 38.5 Å². The summed E-state index contributed by atoms with van der Waals surface area (Å²) in [6.07, 6.45) is 1.62. The molecule has 0 fully saturated rings. The highest BCUT2D eigenvalue weighted by atomic mass is 32.2. The molecule has 0 bridgehead atoms. The molecule has 2 atom stereocenters. The Hall–Kier alpha value is -0.450. The van der Waals surface area contributed by atoms with Crippen LogP contribution in [0.4, 0.5) is 0 Å². The zero-order valence-electron chi connectivity index (χ0n) is 9.03. The van der Waals surface area contributed by atoms with Crippen LogP contribution in [0.3, 0.4) is 0 Å². The molecule has 0 saturated heterocycles. The molecule has 0 aliphatic heterocycles. The lowest BCUT2D eigenvalue weighted by atomic mass is 10.3. The number of hydrogen-bond acceptors (Lipinski definition) is 3. The van der Waals surface area contributed by atoms with Crippen molar-refractivity contribution in [3.05, 3.63) is 24.2 Å². The van der Waals surface area contributed by atoms with Crippen molar-refractivity contribution in [3.63, 3.8) is 0 Å². The van der Waals surface area contributed by atoms with Gasteiger partial charge in [-0.15, -0.1) is 4.72 Å². The van der Waals surface area contributed by atoms with E-state index in [2.05, 4.69) is 4.72 Å². The Morgan fingerprint density at radius 2 is 2.14 bits per heavy atom. The smallest absolute Gasteiger partial charge is 0.136 e. The molecule has 0 saturated carbocycles. The van der Waals surface area contributed by atoms with E-state index < -0.39 is 11.4 Å². The molecule has 80 valence electrons. The Morgan fingerprint density at radius 3 is 2.57 bits per heavy atom. The van der Waals surface area contributed by atoms with Crippen LogP contribution in [0.25, 0.3) is 0 Å². The summed E-state index contributed by atoms with van der Waals surface area (Å²) in [5.41, 5.74) is 0. The predicted molar refractivity (Wildman–Crippen MR) is 58.2 cm³/mol. The molecule has 1 rings (SSSR count). The largest absolute Gasteiger partial charge is 0.598 e. The third kappa shape index (κ3) is 3.04. The summed E-state index contributed by atoms with van der Waals surface area (Å²) in [5.74, 6) is 0.808. The average Bonchev–Trinajstić information content (AvgIpc) is 2.53. The lowest BCUT2D eigenvalue weighted by Gasteiger charge is -2.25. The van der Waals surface area contributed by atoms with Crippen molar-refractivity contribution in [2.24, 2.45) is 0 Å². The molecule has 0 amide bonds. The van der Waals surface area contributed by atoms with Crippen LogP contribution in [0.5, 0.6) is 0 Å². The van der Waals surface area contributed by atoms with Crippen molar-refractivity contribution in [1.29, 1.82) is 0 Å². The van der Waals surface area contributed by atoms with Crippen LogP contribution >= 0.6 is 0 Å². The van der Waals surface area contributed by atoms with Gasteiger partial charge < -0.3 is 8.97 Å². The summed E-state index contributed by atoms with van der Waals surface area (Å²) in [5, 5.41) is 0. The van der Waals surface area contributed by atoms with Crippen LogP contribution in [0.2, 0.25) is 0 Å². The minimum absolute atomic E-state index is 0.0231. The van der Waals surface area contributed by atoms with Crippen LogP contribution in [-0.4, -0.2) is 9.30 Å². The molecule has 1 N–H and O–H groups in total. The molecule has 0 spiro atoms. The second-order valence-electron chi connectivity index (χ2n) is 4.24. The molecular formula is C10H17NO2S. The highest BCUT2D eigenvalue weighted by Crippen LogP contribution is 2.19. The van der Waals surface area contributed by atoms with Gasteiger partial charge in [0.25, 0.3) is 0 Å². The summed E-state index contributed by atoms with van der Waals surface area (Å²) in [6, 6.07) is 3.68. The summed E-state index contributed by atoms with van der Waals surface area (Å²) in [6.45, 7) is 7.74. The van der Waals surface area contributed by atoms with Gasteiger partial charge in [-0.25, -0.2) is 0 Å². The molecule has 0 aromatic carbocycles. The van der Waals surface area contributed by atoms with Gasteiger partial charge in [-0.1, -0.05) is 0 Å². The van der Waals surface area contributed by atoms with Crippen molar-refractivity contribution in [1.82, 2.24) is 4.72 Å². The van der Waals surface area contributed by atoms with Gasteiger partial charge >= 0.3 is 0 Å². The summed E-state index contributed by atoms with van der Waals surface area (Å²) >= 11 is -1.06. The van der Waals surface area contributed by atoms with Crippen molar-refractivity contribution in [2.75, 3.05) is 0 Å². The number of rotatable bonds is 3. The fourth-order valence-corrected chi connectivity index (χ4v) is 1.72. The average molecular weight is 215 g/mol. The molecule has 1 heterocycles. The molecule has 14 heavy (non-hydrogen) atoms. The molecule has 0 aliphatic rings. The zero-order chi connectivity index (χ0) is 10.8. The third-order valence-corrected chi connectivity index (χ3v) is 3.49. The van der Waals surface area contributed by atoms with Crippen LogP contribution in [-0.2, 0) is 11.4 Å². The molecule has 1 aromatic heterocycles. The predicted octanol–water partition coefficient (Wildman–Crippen LogP) is 2.39. The lowest BCUT2D eigenvalue weighted by molar-refractivity contribution is 0.454. The topological polar surface area (TPSA) is 48.2 Å². The zero-order valence-corrected chi connectivity index (χ0v) is 9.85. The quantitative estimate of drug-likeness (QED) is 0.788. The van der Waals surface area contributed by atoms with Gasteiger partial charge in [0.15, 0.2) is 0 Å². The molecule has 0 radical (unpaired) electrons. The van der Waals surface area contributed by atoms with Gasteiger partial charge in [0.1, 0.15) is 16.5 Å². The second kappa shape index (κ2) is 4.38. The van der Waals surface area contributed by atoms with Crippen LogP contribution < -0.4 is 4.72 Å². The van der Waals surface area contributed by atoms with Gasteiger partial charge in [-0.05, 0) is 39.8 Å². The minimum Gasteiger partial charge on any atom is -0.598 e. The van der Waals surface area contributed by atoms with Crippen molar-refractivity contribution in [3.8, 4) is 0 Å². The summed E-state index contributed by atoms with van der Waals surface area (Å²) < 4.78 is 19.7. The molecule has 4 heteroatoms. The van der Waals surface area contributed by atoms with Gasteiger partial charge in [0.05, 0.1) is 6.26 Å².